The third-order valence-electron chi connectivity index (χ3n) is 8.73. The molecule has 0 unspecified atom stereocenters. The first kappa shape index (κ1) is 27.5. The fourth-order valence-corrected chi connectivity index (χ4v) is 17.2. The van der Waals surface area contributed by atoms with Crippen LogP contribution in [0.15, 0.2) is 118 Å². The monoisotopic (exact) mass is 614 g/mol. The second-order valence-electron chi connectivity index (χ2n) is 12.3. The number of hydrogen-bond acceptors (Lipinski definition) is 0. The first-order valence-corrected chi connectivity index (χ1v) is 22.3. The Kier molecular flexibility index (Phi) is 7.77. The van der Waals surface area contributed by atoms with Crippen molar-refractivity contribution in [3.05, 3.63) is 151 Å². The van der Waals surface area contributed by atoms with E-state index in [4.69, 9.17) is 0 Å². The molecule has 0 fully saturated rings. The number of rotatable bonds is 7. The minimum absolute atomic E-state index is 0.474. The van der Waals surface area contributed by atoms with Crippen molar-refractivity contribution < 1.29 is 21.3 Å². The third-order valence-corrected chi connectivity index (χ3v) is 19.1. The summed E-state index contributed by atoms with van der Waals surface area (Å²) in [5.41, 5.74) is 11.9. The van der Waals surface area contributed by atoms with E-state index >= 15 is 0 Å². The average molecular weight is 616 g/mol. The Hall–Kier alpha value is -2.67. The van der Waals surface area contributed by atoms with Gasteiger partial charge in [0.2, 0.25) is 0 Å². The predicted octanol–water partition coefficient (Wildman–Crippen LogP) is 9.86. The second kappa shape index (κ2) is 11.3. The molecule has 0 nitrogen and oxygen atoms in total. The summed E-state index contributed by atoms with van der Waals surface area (Å²) < 4.78 is 3.88. The number of benzene rings is 4. The van der Waals surface area contributed by atoms with Crippen LogP contribution in [0.1, 0.15) is 57.3 Å². The van der Waals surface area contributed by atoms with Gasteiger partial charge in [-0.2, -0.15) is 0 Å². The molecule has 0 N–H and O–H groups in total. The van der Waals surface area contributed by atoms with Gasteiger partial charge in [-0.3, -0.25) is 0 Å². The van der Waals surface area contributed by atoms with E-state index in [0.29, 0.717) is 3.63 Å². The summed E-state index contributed by atoms with van der Waals surface area (Å²) >= 11 is -2.66. The molecule has 0 amide bonds. The Labute approximate surface area is 249 Å². The molecule has 0 radical (unpaired) electrons. The van der Waals surface area contributed by atoms with Gasteiger partial charge in [0.1, 0.15) is 0 Å². The number of allylic oxidation sites excluding steroid dienone is 4. The molecule has 0 aromatic heterocycles. The molecule has 0 bridgehead atoms. The molecule has 0 saturated heterocycles. The van der Waals surface area contributed by atoms with Crippen molar-refractivity contribution in [3.8, 4) is 11.1 Å². The van der Waals surface area contributed by atoms with Crippen molar-refractivity contribution in [1.29, 1.82) is 0 Å². The van der Waals surface area contributed by atoms with Gasteiger partial charge in [-0.25, -0.2) is 0 Å². The Morgan fingerprint density at radius 1 is 0.700 bits per heavy atom. The summed E-state index contributed by atoms with van der Waals surface area (Å²) in [5.74, 6) is 0. The summed E-state index contributed by atoms with van der Waals surface area (Å²) in [4.78, 5) is 0. The maximum absolute atomic E-state index is 2.69. The topological polar surface area (TPSA) is 0 Å². The zero-order valence-electron chi connectivity index (χ0n) is 24.6. The number of aryl methyl sites for hydroxylation is 2. The van der Waals surface area contributed by atoms with Gasteiger partial charge in [0.15, 0.2) is 0 Å². The second-order valence-corrected chi connectivity index (χ2v) is 23.6. The van der Waals surface area contributed by atoms with Crippen LogP contribution in [0.25, 0.3) is 11.1 Å². The van der Waals surface area contributed by atoms with Gasteiger partial charge in [0.05, 0.1) is 0 Å². The Bertz CT molecular complexity index is 1550. The molecule has 2 aliphatic rings. The molecular formula is C38H40SiZr. The van der Waals surface area contributed by atoms with E-state index in [-0.39, 0.29) is 0 Å². The molecular weight excluding hydrogens is 576 g/mol. The Balaban J connectivity index is 1.73. The summed E-state index contributed by atoms with van der Waals surface area (Å²) in [6, 6.07) is 37.4. The first-order chi connectivity index (χ1) is 19.4. The van der Waals surface area contributed by atoms with Crippen LogP contribution >= 0.6 is 0 Å². The summed E-state index contributed by atoms with van der Waals surface area (Å²) in [5, 5.41) is 1.64. The van der Waals surface area contributed by atoms with E-state index in [0.717, 1.165) is 19.3 Å². The molecule has 6 rings (SSSR count). The molecule has 4 aromatic rings. The molecule has 0 aliphatic heterocycles. The van der Waals surface area contributed by atoms with Crippen molar-refractivity contribution in [2.75, 3.05) is 0 Å². The third kappa shape index (κ3) is 5.10. The van der Waals surface area contributed by atoms with E-state index < -0.39 is 29.3 Å². The molecule has 2 heteroatoms. The van der Waals surface area contributed by atoms with Gasteiger partial charge in [-0.15, -0.1) is 0 Å². The van der Waals surface area contributed by atoms with E-state index in [1.54, 1.807) is 22.8 Å². The van der Waals surface area contributed by atoms with Gasteiger partial charge < -0.3 is 0 Å². The van der Waals surface area contributed by atoms with Crippen LogP contribution in [0, 0.1) is 0 Å². The van der Waals surface area contributed by atoms with Crippen molar-refractivity contribution in [1.82, 2.24) is 0 Å². The van der Waals surface area contributed by atoms with Crippen molar-refractivity contribution in [3.63, 3.8) is 0 Å². The standard InChI is InChI=1S/C17H17.C13H10.C8H13Si.Zr/c1-3-12-5-7-16-14(9-12)11-15-10-13(4-2)6-8-17(15)16;1-3-7-12(8-4-1)11-13-9-5-2-6-10-13;1-9(2,3)8-6-4-5-7-8;/h5-11H,3-4H2,1-2H3;1-10H;6-7H,4H2,1-3H3;. The maximum atomic E-state index is 2.69. The van der Waals surface area contributed by atoms with E-state index in [9.17, 15) is 0 Å². The van der Waals surface area contributed by atoms with Crippen LogP contribution in [0.3, 0.4) is 0 Å². The summed E-state index contributed by atoms with van der Waals surface area (Å²) in [6.45, 7) is 12.1. The SMILES string of the molecule is CCc1ccc2c(c1)[CH]([Zr]([C]1=CC([Si](C)(C)C)=CC1)=[C](c1ccccc1)c1ccccc1)c1cc(CC)ccc1-2. The molecule has 40 heavy (non-hydrogen) atoms. The quantitative estimate of drug-likeness (QED) is 0.182. The normalized spacial score (nSPS) is 14.4. The van der Waals surface area contributed by atoms with Gasteiger partial charge in [-0.05, 0) is 0 Å². The van der Waals surface area contributed by atoms with Gasteiger partial charge >= 0.3 is 251 Å². The predicted molar refractivity (Wildman–Crippen MR) is 173 cm³/mol. The van der Waals surface area contributed by atoms with E-state index in [1.165, 1.54) is 33.4 Å². The molecule has 4 aromatic carbocycles. The van der Waals surface area contributed by atoms with Crippen molar-refractivity contribution in [2.24, 2.45) is 0 Å². The van der Waals surface area contributed by atoms with Gasteiger partial charge in [0.25, 0.3) is 0 Å². The van der Waals surface area contributed by atoms with E-state index in [1.807, 2.05) is 0 Å². The van der Waals surface area contributed by atoms with Crippen LogP contribution in [-0.2, 0) is 34.1 Å². The Morgan fingerprint density at radius 2 is 1.20 bits per heavy atom. The first-order valence-electron chi connectivity index (χ1n) is 14.9. The van der Waals surface area contributed by atoms with Crippen molar-refractivity contribution >= 4 is 11.3 Å². The summed E-state index contributed by atoms with van der Waals surface area (Å²) in [7, 11) is -1.41. The van der Waals surface area contributed by atoms with E-state index in [2.05, 4.69) is 143 Å². The van der Waals surface area contributed by atoms with Gasteiger partial charge in [-0.1, -0.05) is 0 Å². The molecule has 0 spiro atoms. The van der Waals surface area contributed by atoms with Crippen molar-refractivity contribution in [2.45, 2.75) is 56.4 Å². The fourth-order valence-electron chi connectivity index (χ4n) is 6.52. The Morgan fingerprint density at radius 3 is 1.62 bits per heavy atom. The zero-order chi connectivity index (χ0) is 27.9. The molecule has 0 saturated carbocycles. The summed E-state index contributed by atoms with van der Waals surface area (Å²) in [6.07, 6.45) is 8.56. The number of hydrogen-bond donors (Lipinski definition) is 0. The fraction of sp³-hybridized carbons (Fsp3) is 0.237. The van der Waals surface area contributed by atoms with Crippen LogP contribution in [-0.4, -0.2) is 11.3 Å². The average Bonchev–Trinajstić information content (AvgIpc) is 3.60. The van der Waals surface area contributed by atoms with Crippen LogP contribution < -0.4 is 0 Å². The van der Waals surface area contributed by atoms with Crippen LogP contribution in [0.2, 0.25) is 19.6 Å². The molecule has 0 heterocycles. The molecule has 0 atom stereocenters. The molecule has 200 valence electrons. The molecule has 2 aliphatic carbocycles. The van der Waals surface area contributed by atoms with Crippen LogP contribution in [0.5, 0.6) is 0 Å². The van der Waals surface area contributed by atoms with Gasteiger partial charge in [0, 0.05) is 0 Å². The van der Waals surface area contributed by atoms with Crippen LogP contribution in [0.4, 0.5) is 0 Å². The number of fused-ring (bicyclic) bond motifs is 3. The minimum atomic E-state index is -2.66. The zero-order valence-corrected chi connectivity index (χ0v) is 28.0.